The van der Waals surface area contributed by atoms with Gasteiger partial charge < -0.3 is 24.7 Å². The van der Waals surface area contributed by atoms with E-state index in [-0.39, 0.29) is 17.8 Å². The summed E-state index contributed by atoms with van der Waals surface area (Å²) in [6.45, 7) is 4.66. The minimum absolute atomic E-state index is 0.0209. The Hall–Kier alpha value is -4.44. The van der Waals surface area contributed by atoms with E-state index >= 15 is 0 Å². The maximum absolute atomic E-state index is 13.0. The number of hydrogen-bond donors (Lipinski definition) is 1. The summed E-state index contributed by atoms with van der Waals surface area (Å²) in [6.07, 6.45) is 7.59. The van der Waals surface area contributed by atoms with Crippen LogP contribution in [-0.4, -0.2) is 13.1 Å². The van der Waals surface area contributed by atoms with Crippen LogP contribution >= 0.6 is 0 Å². The number of carbonyl (C=O) groups is 1. The lowest BCUT2D eigenvalue weighted by Crippen LogP contribution is -2.26. The molecule has 3 aromatic carbocycles. The second-order valence-electron chi connectivity index (χ2n) is 11.6. The van der Waals surface area contributed by atoms with Crippen molar-refractivity contribution in [2.24, 2.45) is 17.6 Å². The first-order valence-electron chi connectivity index (χ1n) is 15.2. The number of esters is 1. The quantitative estimate of drug-likeness (QED) is 0.194. The Morgan fingerprint density at radius 3 is 2.49 bits per heavy atom. The smallest absolute Gasteiger partial charge is 0.314 e. The Balaban J connectivity index is 1.33. The zero-order chi connectivity index (χ0) is 30.3. The number of ether oxygens (including phenoxy) is 4. The molecule has 0 amide bonds. The van der Waals surface area contributed by atoms with Crippen LogP contribution in [0.2, 0.25) is 0 Å². The van der Waals surface area contributed by atoms with Crippen LogP contribution in [0.15, 0.2) is 72.1 Å². The second-order valence-corrected chi connectivity index (χ2v) is 11.6. The SMILES string of the molecule is CCCCC1CCC(C(=O)Oc2ccc3c(c2)OC(N)=C(C#N)C3c2ccc(OCc3ccc(C)cc3)c(OC)c2)CC1. The molecule has 2 aliphatic rings. The van der Waals surface area contributed by atoms with Gasteiger partial charge in [-0.3, -0.25) is 4.79 Å². The van der Waals surface area contributed by atoms with Gasteiger partial charge in [0.15, 0.2) is 11.5 Å². The molecule has 7 nitrogen and oxygen atoms in total. The van der Waals surface area contributed by atoms with E-state index in [1.54, 1.807) is 19.2 Å². The highest BCUT2D eigenvalue weighted by Gasteiger charge is 2.32. The Morgan fingerprint density at radius 1 is 1.02 bits per heavy atom. The van der Waals surface area contributed by atoms with Crippen molar-refractivity contribution in [1.29, 1.82) is 5.26 Å². The predicted molar refractivity (Wildman–Crippen MR) is 165 cm³/mol. The second kappa shape index (κ2) is 13.7. The van der Waals surface area contributed by atoms with E-state index in [0.717, 1.165) is 48.3 Å². The number of nitrogens with two attached hydrogens (primary N) is 1. The van der Waals surface area contributed by atoms with Gasteiger partial charge in [-0.15, -0.1) is 0 Å². The van der Waals surface area contributed by atoms with Crippen molar-refractivity contribution in [2.75, 3.05) is 7.11 Å². The fourth-order valence-corrected chi connectivity index (χ4v) is 6.05. The molecule has 2 N–H and O–H groups in total. The molecular formula is C36H40N2O5. The maximum atomic E-state index is 13.0. The van der Waals surface area contributed by atoms with Gasteiger partial charge in [-0.05, 0) is 67.9 Å². The van der Waals surface area contributed by atoms with E-state index in [2.05, 4.69) is 13.0 Å². The van der Waals surface area contributed by atoms with Crippen molar-refractivity contribution in [3.05, 3.63) is 94.4 Å². The van der Waals surface area contributed by atoms with E-state index in [9.17, 15) is 10.1 Å². The number of rotatable bonds is 10. The minimum Gasteiger partial charge on any atom is -0.493 e. The zero-order valence-electron chi connectivity index (χ0n) is 25.2. The number of hydrogen-bond acceptors (Lipinski definition) is 7. The number of aryl methyl sites for hydroxylation is 1. The van der Waals surface area contributed by atoms with Crippen LogP contribution in [0.25, 0.3) is 0 Å². The molecule has 1 saturated carbocycles. The van der Waals surface area contributed by atoms with Gasteiger partial charge in [0.2, 0.25) is 5.88 Å². The maximum Gasteiger partial charge on any atom is 0.314 e. The molecule has 1 aliphatic heterocycles. The Bertz CT molecular complexity index is 1510. The average molecular weight is 581 g/mol. The number of nitrogens with zero attached hydrogens (tertiary/aromatic N) is 1. The number of methoxy groups -OCH3 is 1. The predicted octanol–water partition coefficient (Wildman–Crippen LogP) is 7.70. The van der Waals surface area contributed by atoms with Crippen LogP contribution < -0.4 is 24.7 Å². The van der Waals surface area contributed by atoms with Gasteiger partial charge in [0.25, 0.3) is 0 Å². The lowest BCUT2D eigenvalue weighted by atomic mass is 9.80. The number of unbranched alkanes of at least 4 members (excludes halogenated alkanes) is 1. The Labute approximate surface area is 254 Å². The van der Waals surface area contributed by atoms with Crippen LogP contribution in [0.5, 0.6) is 23.0 Å². The van der Waals surface area contributed by atoms with E-state index in [0.29, 0.717) is 35.2 Å². The van der Waals surface area contributed by atoms with Crippen LogP contribution in [-0.2, 0) is 11.4 Å². The van der Waals surface area contributed by atoms with Crippen LogP contribution in [0, 0.1) is 30.1 Å². The summed E-state index contributed by atoms with van der Waals surface area (Å²) >= 11 is 0. The summed E-state index contributed by atoms with van der Waals surface area (Å²) in [5.74, 6) is 1.96. The molecule has 7 heteroatoms. The van der Waals surface area contributed by atoms with E-state index in [1.807, 2.05) is 55.5 Å². The van der Waals surface area contributed by atoms with Gasteiger partial charge in [0.1, 0.15) is 29.7 Å². The normalized spacial score (nSPS) is 19.5. The van der Waals surface area contributed by atoms with Gasteiger partial charge >= 0.3 is 5.97 Å². The number of fused-ring (bicyclic) bond motifs is 1. The molecule has 0 spiro atoms. The van der Waals surface area contributed by atoms with Crippen molar-refractivity contribution in [2.45, 2.75) is 71.3 Å². The van der Waals surface area contributed by atoms with Crippen molar-refractivity contribution in [3.8, 4) is 29.1 Å². The summed E-state index contributed by atoms with van der Waals surface area (Å²) in [4.78, 5) is 13.0. The molecule has 5 rings (SSSR count). The molecule has 1 aliphatic carbocycles. The van der Waals surface area contributed by atoms with Gasteiger partial charge in [-0.25, -0.2) is 0 Å². The Kier molecular flexibility index (Phi) is 9.56. The molecule has 1 fully saturated rings. The highest BCUT2D eigenvalue weighted by molar-refractivity contribution is 5.75. The lowest BCUT2D eigenvalue weighted by molar-refractivity contribution is -0.140. The molecule has 224 valence electrons. The monoisotopic (exact) mass is 580 g/mol. The van der Waals surface area contributed by atoms with Gasteiger partial charge in [-0.1, -0.05) is 68.1 Å². The summed E-state index contributed by atoms with van der Waals surface area (Å²) in [5, 5.41) is 10.0. The third kappa shape index (κ3) is 6.97. The number of carbonyl (C=O) groups excluding carboxylic acids is 1. The first kappa shape index (κ1) is 30.0. The van der Waals surface area contributed by atoms with Gasteiger partial charge in [0.05, 0.1) is 18.9 Å². The van der Waals surface area contributed by atoms with Gasteiger partial charge in [-0.2, -0.15) is 5.26 Å². The third-order valence-electron chi connectivity index (χ3n) is 8.59. The minimum atomic E-state index is -0.489. The number of benzene rings is 3. The first-order valence-corrected chi connectivity index (χ1v) is 15.2. The fraction of sp³-hybridized carbons (Fsp3) is 0.389. The third-order valence-corrected chi connectivity index (χ3v) is 8.59. The molecule has 0 aromatic heterocycles. The molecule has 43 heavy (non-hydrogen) atoms. The largest absolute Gasteiger partial charge is 0.493 e. The summed E-state index contributed by atoms with van der Waals surface area (Å²) in [7, 11) is 1.59. The first-order chi connectivity index (χ1) is 20.9. The zero-order valence-corrected chi connectivity index (χ0v) is 25.2. The van der Waals surface area contributed by atoms with Crippen molar-refractivity contribution in [1.82, 2.24) is 0 Å². The highest BCUT2D eigenvalue weighted by atomic mass is 16.5. The van der Waals surface area contributed by atoms with Crippen molar-refractivity contribution < 1.29 is 23.7 Å². The molecule has 1 atom stereocenters. The van der Waals surface area contributed by atoms with E-state index in [1.165, 1.54) is 24.8 Å². The van der Waals surface area contributed by atoms with Crippen molar-refractivity contribution >= 4 is 5.97 Å². The molecule has 0 radical (unpaired) electrons. The Morgan fingerprint density at radius 2 is 1.79 bits per heavy atom. The van der Waals surface area contributed by atoms with Crippen LogP contribution in [0.4, 0.5) is 0 Å². The molecule has 0 bridgehead atoms. The number of allylic oxidation sites excluding steroid dienone is 1. The summed E-state index contributed by atoms with van der Waals surface area (Å²) in [6, 6.07) is 21.3. The standard InChI is InChI=1S/C36H40N2O5/c1-4-5-6-24-11-13-26(14-12-24)36(39)42-28-16-17-29-32(20-28)43-35(38)30(21-37)34(29)27-15-18-31(33(19-27)40-3)41-22-25-9-7-23(2)8-10-25/h7-10,15-20,24,26,34H,4-6,11-14,22,38H2,1-3H3. The summed E-state index contributed by atoms with van der Waals surface area (Å²) < 4.78 is 23.4. The summed E-state index contributed by atoms with van der Waals surface area (Å²) in [5.41, 5.74) is 10.3. The molecule has 1 unspecified atom stereocenters. The topological polar surface area (TPSA) is 104 Å². The van der Waals surface area contributed by atoms with Crippen LogP contribution in [0.1, 0.15) is 80.0 Å². The average Bonchev–Trinajstić information content (AvgIpc) is 3.03. The molecule has 0 saturated heterocycles. The van der Waals surface area contributed by atoms with E-state index < -0.39 is 5.92 Å². The highest BCUT2D eigenvalue weighted by Crippen LogP contribution is 2.45. The van der Waals surface area contributed by atoms with Crippen molar-refractivity contribution in [3.63, 3.8) is 0 Å². The molecular weight excluding hydrogens is 540 g/mol. The fourth-order valence-electron chi connectivity index (χ4n) is 6.05. The molecule has 1 heterocycles. The lowest BCUT2D eigenvalue weighted by Gasteiger charge is -2.28. The van der Waals surface area contributed by atoms with Gasteiger partial charge in [0, 0.05) is 11.6 Å². The van der Waals surface area contributed by atoms with E-state index in [4.69, 9.17) is 24.7 Å². The number of nitriles is 1. The molecule has 3 aromatic rings. The van der Waals surface area contributed by atoms with Crippen LogP contribution in [0.3, 0.4) is 0 Å².